The van der Waals surface area contributed by atoms with E-state index in [9.17, 15) is 14.4 Å². The van der Waals surface area contributed by atoms with Crippen LogP contribution < -0.4 is 10.1 Å². The smallest absolute Gasteiger partial charge is 0.290 e. The number of aromatic nitrogens is 2. The molecular weight excluding hydrogens is 562 g/mol. The van der Waals surface area contributed by atoms with Gasteiger partial charge in [0.15, 0.2) is 0 Å². The van der Waals surface area contributed by atoms with Crippen LogP contribution in [0.25, 0.3) is 11.0 Å². The fourth-order valence-electron chi connectivity index (χ4n) is 6.52. The van der Waals surface area contributed by atoms with Crippen LogP contribution in [-0.2, 0) is 14.4 Å². The summed E-state index contributed by atoms with van der Waals surface area (Å²) >= 11 is 0. The molecule has 3 amide bonds. The SMILES string of the molecule is O=C1CN(C(=O)c2cccc3nccnc23)CCCCOc2cccc(c2)[C@H]2CN(C(=O)C3CCCCC3)C[C@@H]2N1.O=CO. The van der Waals surface area contributed by atoms with E-state index < -0.39 is 0 Å². The molecule has 2 N–H and O–H groups in total. The van der Waals surface area contributed by atoms with Gasteiger partial charge in [0.25, 0.3) is 12.4 Å². The number of amides is 3. The molecule has 1 saturated heterocycles. The van der Waals surface area contributed by atoms with Gasteiger partial charge in [-0.1, -0.05) is 37.5 Å². The van der Waals surface area contributed by atoms with E-state index in [4.69, 9.17) is 14.6 Å². The zero-order chi connectivity index (χ0) is 30.9. The minimum absolute atomic E-state index is 0.0597. The fourth-order valence-corrected chi connectivity index (χ4v) is 6.52. The second-order valence-corrected chi connectivity index (χ2v) is 11.5. The molecule has 0 radical (unpaired) electrons. The molecule has 3 aliphatic rings. The first kappa shape index (κ1) is 30.9. The molecule has 0 spiro atoms. The number of hydrogen-bond donors (Lipinski definition) is 2. The lowest BCUT2D eigenvalue weighted by molar-refractivity contribution is -0.135. The largest absolute Gasteiger partial charge is 0.494 e. The molecule has 232 valence electrons. The summed E-state index contributed by atoms with van der Waals surface area (Å²) in [6, 6.07) is 13.1. The predicted molar refractivity (Wildman–Crippen MR) is 163 cm³/mol. The molecule has 3 aromatic rings. The summed E-state index contributed by atoms with van der Waals surface area (Å²) < 4.78 is 6.08. The summed E-state index contributed by atoms with van der Waals surface area (Å²) in [6.07, 6.45) is 9.86. The van der Waals surface area contributed by atoms with Gasteiger partial charge in [-0.25, -0.2) is 0 Å². The standard InChI is InChI=1S/C32H37N5O4.CH2O2/c38-29-21-36(32(40)25-12-7-13-27-30(25)34-15-14-33-27)16-4-5-17-41-24-11-6-10-23(18-24)26-19-37(20-28(26)35-29)31(39)22-8-2-1-3-9-22;2-1-3/h6-7,10-15,18,22,26,28H,1-5,8-9,16-17,19-21H2,(H,35,38);1H,(H,2,3)/t26-,28+;/m1./s1. The molecule has 6 rings (SSSR count). The third-order valence-electron chi connectivity index (χ3n) is 8.66. The molecule has 2 atom stereocenters. The van der Waals surface area contributed by atoms with Crippen LogP contribution in [0.3, 0.4) is 0 Å². The monoisotopic (exact) mass is 601 g/mol. The van der Waals surface area contributed by atoms with Gasteiger partial charge in [0.05, 0.1) is 30.3 Å². The number of ether oxygens (including phenoxy) is 1. The Kier molecular flexibility index (Phi) is 10.4. The van der Waals surface area contributed by atoms with Crippen molar-refractivity contribution in [3.8, 4) is 5.75 Å². The molecule has 3 heterocycles. The van der Waals surface area contributed by atoms with Gasteiger partial charge in [-0.2, -0.15) is 0 Å². The van der Waals surface area contributed by atoms with Crippen LogP contribution in [0, 0.1) is 5.92 Å². The van der Waals surface area contributed by atoms with Crippen molar-refractivity contribution < 1.29 is 29.0 Å². The molecule has 1 saturated carbocycles. The maximum atomic E-state index is 13.8. The van der Waals surface area contributed by atoms with E-state index in [1.165, 1.54) is 6.42 Å². The number of nitrogens with one attached hydrogen (secondary N) is 1. The summed E-state index contributed by atoms with van der Waals surface area (Å²) in [4.78, 5) is 61.4. The van der Waals surface area contributed by atoms with E-state index in [1.807, 2.05) is 29.2 Å². The van der Waals surface area contributed by atoms with Crippen molar-refractivity contribution in [2.45, 2.75) is 56.9 Å². The maximum absolute atomic E-state index is 13.8. The van der Waals surface area contributed by atoms with Crippen LogP contribution in [0.2, 0.25) is 0 Å². The Morgan fingerprint density at radius 2 is 1.73 bits per heavy atom. The lowest BCUT2D eigenvalue weighted by atomic mass is 9.88. The lowest BCUT2D eigenvalue weighted by Gasteiger charge is -2.26. The van der Waals surface area contributed by atoms with E-state index in [2.05, 4.69) is 21.4 Å². The van der Waals surface area contributed by atoms with Crippen molar-refractivity contribution >= 4 is 35.2 Å². The number of nitrogens with zero attached hydrogens (tertiary/aromatic N) is 4. The quantitative estimate of drug-likeness (QED) is 0.424. The number of carbonyl (C=O) groups is 4. The van der Waals surface area contributed by atoms with Crippen molar-refractivity contribution in [2.75, 3.05) is 32.8 Å². The minimum atomic E-state index is -0.256. The van der Waals surface area contributed by atoms with Gasteiger partial charge in [-0.3, -0.25) is 29.1 Å². The molecule has 1 aliphatic carbocycles. The maximum Gasteiger partial charge on any atom is 0.290 e. The number of carbonyl (C=O) groups excluding carboxylic acids is 3. The Balaban J connectivity index is 0.00000123. The highest BCUT2D eigenvalue weighted by Crippen LogP contribution is 2.33. The Morgan fingerprint density at radius 1 is 0.955 bits per heavy atom. The molecule has 0 unspecified atom stereocenters. The Hall–Kier alpha value is -4.54. The number of likely N-dealkylation sites (tertiary alicyclic amines) is 1. The van der Waals surface area contributed by atoms with Gasteiger partial charge < -0.3 is 25.0 Å². The molecule has 2 aliphatic heterocycles. The predicted octanol–water partition coefficient (Wildman–Crippen LogP) is 3.64. The summed E-state index contributed by atoms with van der Waals surface area (Å²) in [5.74, 6) is 0.516. The van der Waals surface area contributed by atoms with Gasteiger partial charge in [0.1, 0.15) is 11.3 Å². The summed E-state index contributed by atoms with van der Waals surface area (Å²) in [6.45, 7) is 1.62. The number of hydrogen-bond acceptors (Lipinski definition) is 7. The Morgan fingerprint density at radius 3 is 2.55 bits per heavy atom. The molecule has 11 heteroatoms. The average Bonchev–Trinajstić information content (AvgIpc) is 3.47. The molecule has 2 bridgehead atoms. The van der Waals surface area contributed by atoms with E-state index in [0.29, 0.717) is 49.3 Å². The normalized spacial score (nSPS) is 21.1. The van der Waals surface area contributed by atoms with Crippen molar-refractivity contribution in [3.05, 3.63) is 66.0 Å². The van der Waals surface area contributed by atoms with Crippen LogP contribution in [0.1, 0.15) is 66.8 Å². The van der Waals surface area contributed by atoms with E-state index in [-0.39, 0.29) is 48.6 Å². The van der Waals surface area contributed by atoms with Crippen LogP contribution in [0.4, 0.5) is 0 Å². The lowest BCUT2D eigenvalue weighted by Crippen LogP contribution is -2.47. The van der Waals surface area contributed by atoms with Crippen molar-refractivity contribution in [1.29, 1.82) is 0 Å². The van der Waals surface area contributed by atoms with E-state index in [0.717, 1.165) is 43.4 Å². The van der Waals surface area contributed by atoms with Crippen molar-refractivity contribution in [1.82, 2.24) is 25.1 Å². The van der Waals surface area contributed by atoms with Gasteiger partial charge >= 0.3 is 0 Å². The molecule has 2 aromatic carbocycles. The fraction of sp³-hybridized carbons (Fsp3) is 0.455. The Bertz CT molecular complexity index is 1470. The average molecular weight is 602 g/mol. The van der Waals surface area contributed by atoms with E-state index >= 15 is 0 Å². The minimum Gasteiger partial charge on any atom is -0.494 e. The van der Waals surface area contributed by atoms with Crippen LogP contribution in [0.5, 0.6) is 5.75 Å². The zero-order valence-electron chi connectivity index (χ0n) is 24.8. The first-order chi connectivity index (χ1) is 21.5. The summed E-state index contributed by atoms with van der Waals surface area (Å²) in [5.41, 5.74) is 2.63. The molecule has 2 fully saturated rings. The summed E-state index contributed by atoms with van der Waals surface area (Å²) in [5, 5.41) is 10.1. The van der Waals surface area contributed by atoms with Gasteiger partial charge in [0, 0.05) is 43.9 Å². The molecule has 1 aromatic heterocycles. The van der Waals surface area contributed by atoms with Gasteiger partial charge in [-0.15, -0.1) is 0 Å². The van der Waals surface area contributed by atoms with Crippen LogP contribution in [0.15, 0.2) is 54.9 Å². The number of rotatable bonds is 2. The molecular formula is C33H39N5O6. The van der Waals surface area contributed by atoms with E-state index in [1.54, 1.807) is 29.4 Å². The number of benzene rings is 2. The molecule has 44 heavy (non-hydrogen) atoms. The van der Waals surface area contributed by atoms with Gasteiger partial charge in [-0.05, 0) is 55.5 Å². The number of fused-ring (bicyclic) bond motifs is 5. The highest BCUT2D eigenvalue weighted by atomic mass is 16.5. The number of carboxylic acid groups (broad SMARTS) is 1. The first-order valence-corrected chi connectivity index (χ1v) is 15.4. The Labute approximate surface area is 256 Å². The van der Waals surface area contributed by atoms with Crippen molar-refractivity contribution in [2.24, 2.45) is 5.92 Å². The number of para-hydroxylation sites is 1. The highest BCUT2D eigenvalue weighted by molar-refractivity contribution is 6.05. The van der Waals surface area contributed by atoms with Gasteiger partial charge in [0.2, 0.25) is 11.8 Å². The third kappa shape index (κ3) is 7.32. The van der Waals surface area contributed by atoms with Crippen molar-refractivity contribution in [3.63, 3.8) is 0 Å². The molecule has 11 nitrogen and oxygen atoms in total. The summed E-state index contributed by atoms with van der Waals surface area (Å²) in [7, 11) is 0. The second-order valence-electron chi connectivity index (χ2n) is 11.5. The highest BCUT2D eigenvalue weighted by Gasteiger charge is 2.39. The zero-order valence-corrected chi connectivity index (χ0v) is 24.8. The van der Waals surface area contributed by atoms with Crippen LogP contribution >= 0.6 is 0 Å². The second kappa shape index (κ2) is 14.8. The third-order valence-corrected chi connectivity index (χ3v) is 8.66. The first-order valence-electron chi connectivity index (χ1n) is 15.4. The topological polar surface area (TPSA) is 142 Å². The van der Waals surface area contributed by atoms with Crippen LogP contribution in [-0.4, -0.2) is 87.9 Å².